The van der Waals surface area contributed by atoms with E-state index >= 15 is 0 Å². The monoisotopic (exact) mass is 255 g/mol. The van der Waals surface area contributed by atoms with Gasteiger partial charge in [-0.05, 0) is 12.7 Å². The first-order valence-corrected chi connectivity index (χ1v) is 6.57. The molecule has 1 aromatic heterocycles. The number of hydrogen-bond donors (Lipinski definition) is 1. The van der Waals surface area contributed by atoms with Crippen molar-refractivity contribution in [2.75, 3.05) is 23.9 Å². The molecule has 1 N–H and O–H groups in total. The van der Waals surface area contributed by atoms with Gasteiger partial charge in [0.1, 0.15) is 5.82 Å². The highest BCUT2D eigenvalue weighted by atomic mass is 32.2. The fourth-order valence-electron chi connectivity index (χ4n) is 1.23. The third-order valence-electron chi connectivity index (χ3n) is 2.00. The molecule has 0 saturated heterocycles. The molecule has 1 atom stereocenters. The highest BCUT2D eigenvalue weighted by molar-refractivity contribution is 7.99. The van der Waals surface area contributed by atoms with Crippen molar-refractivity contribution in [3.8, 4) is 0 Å². The Morgan fingerprint density at radius 1 is 1.59 bits per heavy atom. The number of rotatable bonds is 6. The zero-order valence-corrected chi connectivity index (χ0v) is 11.1. The predicted molar refractivity (Wildman–Crippen MR) is 69.5 cm³/mol. The van der Waals surface area contributed by atoms with Gasteiger partial charge in [0.05, 0.1) is 19.5 Å². The van der Waals surface area contributed by atoms with Crippen molar-refractivity contribution in [2.45, 2.75) is 19.9 Å². The van der Waals surface area contributed by atoms with Crippen LogP contribution in [0.15, 0.2) is 12.4 Å². The van der Waals surface area contributed by atoms with Gasteiger partial charge >= 0.3 is 5.97 Å². The van der Waals surface area contributed by atoms with E-state index in [1.807, 2.05) is 11.8 Å². The summed E-state index contributed by atoms with van der Waals surface area (Å²) in [6.45, 7) is 4.18. The third kappa shape index (κ3) is 4.60. The molecule has 6 heteroatoms. The van der Waals surface area contributed by atoms with Gasteiger partial charge in [-0.25, -0.2) is 9.78 Å². The number of hydrogen-bond acceptors (Lipinski definition) is 6. The molecule has 0 spiro atoms. The molecule has 5 nitrogen and oxygen atoms in total. The number of methoxy groups -OCH3 is 1. The van der Waals surface area contributed by atoms with Crippen LogP contribution in [0.4, 0.5) is 5.82 Å². The maximum atomic E-state index is 11.3. The molecule has 0 aromatic carbocycles. The average Bonchev–Trinajstić information content (AvgIpc) is 2.35. The largest absolute Gasteiger partial charge is 0.464 e. The standard InChI is InChI=1S/C11H17N3O2S/c1-4-17-7-8(2)13-10-6-12-5-9(14-10)11(15)16-3/h5-6,8H,4,7H2,1-3H3,(H,13,14). The van der Waals surface area contributed by atoms with E-state index in [-0.39, 0.29) is 11.7 Å². The minimum atomic E-state index is -0.475. The number of aromatic nitrogens is 2. The van der Waals surface area contributed by atoms with Crippen LogP contribution >= 0.6 is 11.8 Å². The molecule has 0 bridgehead atoms. The summed E-state index contributed by atoms with van der Waals surface area (Å²) in [6.07, 6.45) is 2.99. The molecule has 94 valence electrons. The van der Waals surface area contributed by atoms with E-state index in [0.29, 0.717) is 5.82 Å². The molecular formula is C11H17N3O2S. The average molecular weight is 255 g/mol. The molecule has 0 radical (unpaired) electrons. The number of nitrogens with one attached hydrogen (secondary N) is 1. The second-order valence-corrected chi connectivity index (χ2v) is 4.80. The summed E-state index contributed by atoms with van der Waals surface area (Å²) in [5.41, 5.74) is 0.216. The summed E-state index contributed by atoms with van der Waals surface area (Å²) in [7, 11) is 1.32. The van der Waals surface area contributed by atoms with Crippen LogP contribution < -0.4 is 5.32 Å². The van der Waals surface area contributed by atoms with Gasteiger partial charge in [0.2, 0.25) is 0 Å². The molecule has 0 aliphatic rings. The minimum absolute atomic E-state index is 0.216. The van der Waals surface area contributed by atoms with Crippen molar-refractivity contribution in [1.29, 1.82) is 0 Å². The number of ether oxygens (including phenoxy) is 1. The lowest BCUT2D eigenvalue weighted by molar-refractivity contribution is 0.0593. The van der Waals surface area contributed by atoms with Crippen LogP contribution in [0.3, 0.4) is 0 Å². The summed E-state index contributed by atoms with van der Waals surface area (Å²) < 4.78 is 4.59. The van der Waals surface area contributed by atoms with Crippen molar-refractivity contribution < 1.29 is 9.53 Å². The van der Waals surface area contributed by atoms with Gasteiger partial charge in [0, 0.05) is 11.8 Å². The number of carbonyl (C=O) groups excluding carboxylic acids is 1. The Balaban J connectivity index is 2.62. The van der Waals surface area contributed by atoms with E-state index in [9.17, 15) is 4.79 Å². The third-order valence-corrected chi connectivity index (χ3v) is 3.14. The molecule has 1 aromatic rings. The van der Waals surface area contributed by atoms with Crippen LogP contribution in [0.25, 0.3) is 0 Å². The van der Waals surface area contributed by atoms with Crippen molar-refractivity contribution in [3.63, 3.8) is 0 Å². The summed E-state index contributed by atoms with van der Waals surface area (Å²) >= 11 is 1.85. The Hall–Kier alpha value is -1.30. The van der Waals surface area contributed by atoms with Gasteiger partial charge in [0.25, 0.3) is 0 Å². The molecule has 17 heavy (non-hydrogen) atoms. The quantitative estimate of drug-likeness (QED) is 0.782. The molecule has 1 rings (SSSR count). The molecular weight excluding hydrogens is 238 g/mol. The van der Waals surface area contributed by atoms with Gasteiger partial charge in [-0.15, -0.1) is 0 Å². The Bertz CT molecular complexity index is 373. The minimum Gasteiger partial charge on any atom is -0.464 e. The van der Waals surface area contributed by atoms with Crippen LogP contribution in [0.1, 0.15) is 24.3 Å². The summed E-state index contributed by atoms with van der Waals surface area (Å²) in [4.78, 5) is 19.4. The van der Waals surface area contributed by atoms with Crippen molar-refractivity contribution in [2.24, 2.45) is 0 Å². The van der Waals surface area contributed by atoms with Crippen molar-refractivity contribution >= 4 is 23.5 Å². The number of anilines is 1. The van der Waals surface area contributed by atoms with E-state index in [1.54, 1.807) is 6.20 Å². The molecule has 0 amide bonds. The van der Waals surface area contributed by atoms with Crippen molar-refractivity contribution in [3.05, 3.63) is 18.1 Å². The maximum Gasteiger partial charge on any atom is 0.358 e. The Labute approximate surface area is 105 Å². The second-order valence-electron chi connectivity index (χ2n) is 3.49. The van der Waals surface area contributed by atoms with Crippen LogP contribution in [-0.2, 0) is 4.74 Å². The van der Waals surface area contributed by atoms with Gasteiger partial charge in [-0.2, -0.15) is 11.8 Å². The molecule has 1 unspecified atom stereocenters. The first-order chi connectivity index (χ1) is 8.17. The highest BCUT2D eigenvalue weighted by Crippen LogP contribution is 2.08. The normalized spacial score (nSPS) is 11.9. The smallest absolute Gasteiger partial charge is 0.358 e. The van der Waals surface area contributed by atoms with Gasteiger partial charge < -0.3 is 10.1 Å². The van der Waals surface area contributed by atoms with Gasteiger partial charge in [-0.3, -0.25) is 4.98 Å². The van der Waals surface area contributed by atoms with E-state index < -0.39 is 5.97 Å². The lowest BCUT2D eigenvalue weighted by Gasteiger charge is -2.13. The zero-order valence-electron chi connectivity index (χ0n) is 10.3. The topological polar surface area (TPSA) is 64.1 Å². The van der Waals surface area contributed by atoms with Gasteiger partial charge in [-0.1, -0.05) is 6.92 Å². The van der Waals surface area contributed by atoms with E-state index in [4.69, 9.17) is 0 Å². The number of nitrogens with zero attached hydrogens (tertiary/aromatic N) is 2. The SMILES string of the molecule is CCSCC(C)Nc1cncc(C(=O)OC)n1. The van der Waals surface area contributed by atoms with E-state index in [0.717, 1.165) is 11.5 Å². The lowest BCUT2D eigenvalue weighted by Crippen LogP contribution is -2.20. The highest BCUT2D eigenvalue weighted by Gasteiger charge is 2.09. The first-order valence-electron chi connectivity index (χ1n) is 5.42. The van der Waals surface area contributed by atoms with Crippen LogP contribution in [0.2, 0.25) is 0 Å². The summed E-state index contributed by atoms with van der Waals surface area (Å²) in [5, 5.41) is 3.19. The Kier molecular flexibility index (Phi) is 5.76. The number of thioether (sulfide) groups is 1. The first kappa shape index (κ1) is 13.8. The molecule has 0 fully saturated rings. The molecule has 1 heterocycles. The summed E-state index contributed by atoms with van der Waals surface area (Å²) in [6, 6.07) is 0.280. The number of carbonyl (C=O) groups is 1. The van der Waals surface area contributed by atoms with Crippen LogP contribution in [0.5, 0.6) is 0 Å². The van der Waals surface area contributed by atoms with E-state index in [1.165, 1.54) is 13.3 Å². The van der Waals surface area contributed by atoms with Gasteiger partial charge in [0.15, 0.2) is 5.69 Å². The zero-order chi connectivity index (χ0) is 12.7. The fourth-order valence-corrected chi connectivity index (χ4v) is 1.90. The lowest BCUT2D eigenvalue weighted by atomic mass is 10.4. The van der Waals surface area contributed by atoms with Crippen molar-refractivity contribution in [1.82, 2.24) is 9.97 Å². The second kappa shape index (κ2) is 7.11. The Morgan fingerprint density at radius 2 is 2.35 bits per heavy atom. The molecule has 0 aliphatic heterocycles. The predicted octanol–water partition coefficient (Wildman–Crippen LogP) is 1.82. The van der Waals surface area contributed by atoms with Crippen LogP contribution in [0, 0.1) is 0 Å². The number of esters is 1. The van der Waals surface area contributed by atoms with Crippen LogP contribution in [-0.4, -0.2) is 40.6 Å². The van der Waals surface area contributed by atoms with E-state index in [2.05, 4.69) is 33.9 Å². The molecule has 0 saturated carbocycles. The fraction of sp³-hybridized carbons (Fsp3) is 0.545. The Morgan fingerprint density at radius 3 is 3.00 bits per heavy atom. The molecule has 0 aliphatic carbocycles. The summed E-state index contributed by atoms with van der Waals surface area (Å²) in [5.74, 6) is 2.19. The maximum absolute atomic E-state index is 11.3.